The third-order valence-corrected chi connectivity index (χ3v) is 12.9. The minimum absolute atomic E-state index is 0.0610. The van der Waals surface area contributed by atoms with Crippen LogP contribution < -0.4 is 5.32 Å². The van der Waals surface area contributed by atoms with Gasteiger partial charge in [0.15, 0.2) is 0 Å². The van der Waals surface area contributed by atoms with Crippen LogP contribution in [0.25, 0.3) is 0 Å². The molecule has 9 heteroatoms. The molecule has 0 aromatic heterocycles. The number of carbonyl (C=O) groups is 1. The molecule has 0 rings (SSSR count). The first-order valence-corrected chi connectivity index (χ1v) is 27.7. The number of carbonyl (C=O) groups excluding carboxylic acids is 1. The molecule has 0 aliphatic rings. The third kappa shape index (κ3) is 46.8. The van der Waals surface area contributed by atoms with Crippen molar-refractivity contribution in [2.45, 2.75) is 264 Å². The van der Waals surface area contributed by atoms with E-state index in [9.17, 15) is 19.4 Å². The Balaban J connectivity index is 4.07. The number of hydrogen-bond donors (Lipinski definition) is 3. The van der Waals surface area contributed by atoms with Gasteiger partial charge in [0.2, 0.25) is 5.91 Å². The van der Waals surface area contributed by atoms with Gasteiger partial charge in [-0.2, -0.15) is 0 Å². The standard InChI is InChI=1S/C52H103N2O6P/c1-6-8-10-12-14-16-18-19-20-21-22-23-24-25-26-27-28-29-30-31-32-33-34-35-36-37-39-41-43-45-51(55)50(49-60-61(57,58)59-48-47-54(3,4)5)53-52(56)46-44-42-40-38-17-15-13-11-9-7-2/h11,13,43,45,50-51,55H,6-10,12,14-42,44,46-49H2,1-5H3,(H-,53,56,57,58)/p+1/b13-11-,45-43+. The highest BCUT2D eigenvalue weighted by molar-refractivity contribution is 7.47. The zero-order valence-corrected chi connectivity index (χ0v) is 42.1. The molecular formula is C52H104N2O6P+. The van der Waals surface area contributed by atoms with Crippen LogP contribution in [0.1, 0.15) is 251 Å². The maximum Gasteiger partial charge on any atom is 0.472 e. The first kappa shape index (κ1) is 60.0. The SMILES string of the molecule is CCC/C=C\CCCCCCCC(=O)NC(COP(=O)(O)OCC[N+](C)(C)C)C(O)/C=C/CCCCCCCCCCCCCCCCCCCCCCCCCCCCC. The van der Waals surface area contributed by atoms with Gasteiger partial charge in [-0.15, -0.1) is 0 Å². The summed E-state index contributed by atoms with van der Waals surface area (Å²) in [5.74, 6) is -0.187. The topological polar surface area (TPSA) is 105 Å². The maximum atomic E-state index is 12.8. The molecule has 0 bridgehead atoms. The number of likely N-dealkylation sites (N-methyl/N-ethyl adjacent to an activating group) is 1. The molecule has 0 saturated heterocycles. The van der Waals surface area contributed by atoms with E-state index in [0.717, 1.165) is 57.8 Å². The average Bonchev–Trinajstić information content (AvgIpc) is 3.21. The number of quaternary nitrogens is 1. The third-order valence-electron chi connectivity index (χ3n) is 11.9. The predicted molar refractivity (Wildman–Crippen MR) is 263 cm³/mol. The van der Waals surface area contributed by atoms with E-state index in [0.29, 0.717) is 17.4 Å². The summed E-state index contributed by atoms with van der Waals surface area (Å²) in [5.41, 5.74) is 0. The minimum Gasteiger partial charge on any atom is -0.387 e. The lowest BCUT2D eigenvalue weighted by molar-refractivity contribution is -0.870. The maximum absolute atomic E-state index is 12.8. The van der Waals surface area contributed by atoms with Gasteiger partial charge in [0.05, 0.1) is 39.9 Å². The van der Waals surface area contributed by atoms with E-state index in [4.69, 9.17) is 9.05 Å². The minimum atomic E-state index is -4.34. The molecule has 0 aromatic carbocycles. The Bertz CT molecular complexity index is 1050. The Hall–Kier alpha value is -1.02. The summed E-state index contributed by atoms with van der Waals surface area (Å²) in [6.07, 6.45) is 54.3. The van der Waals surface area contributed by atoms with Crippen LogP contribution in [-0.4, -0.2) is 73.4 Å². The number of phosphoric ester groups is 1. The van der Waals surface area contributed by atoms with Crippen molar-refractivity contribution in [2.24, 2.45) is 0 Å². The quantitative estimate of drug-likeness (QED) is 0.0243. The van der Waals surface area contributed by atoms with Gasteiger partial charge in [0.25, 0.3) is 0 Å². The molecule has 362 valence electrons. The van der Waals surface area contributed by atoms with Crippen molar-refractivity contribution in [2.75, 3.05) is 40.9 Å². The highest BCUT2D eigenvalue weighted by Gasteiger charge is 2.27. The van der Waals surface area contributed by atoms with Gasteiger partial charge in [-0.05, 0) is 38.5 Å². The molecule has 0 aliphatic heterocycles. The predicted octanol–water partition coefficient (Wildman–Crippen LogP) is 15.3. The molecule has 0 fully saturated rings. The monoisotopic (exact) mass is 884 g/mol. The number of aliphatic hydroxyl groups is 1. The first-order valence-electron chi connectivity index (χ1n) is 26.2. The van der Waals surface area contributed by atoms with Crippen LogP contribution in [0.15, 0.2) is 24.3 Å². The van der Waals surface area contributed by atoms with Gasteiger partial charge in [-0.1, -0.05) is 231 Å². The largest absolute Gasteiger partial charge is 0.472 e. The summed E-state index contributed by atoms with van der Waals surface area (Å²) in [5, 5.41) is 13.8. The van der Waals surface area contributed by atoms with Gasteiger partial charge in [0, 0.05) is 6.42 Å². The van der Waals surface area contributed by atoms with Crippen molar-refractivity contribution in [3.05, 3.63) is 24.3 Å². The zero-order chi connectivity index (χ0) is 45.0. The number of nitrogens with zero attached hydrogens (tertiary/aromatic N) is 1. The molecule has 0 spiro atoms. The lowest BCUT2D eigenvalue weighted by Crippen LogP contribution is -2.45. The van der Waals surface area contributed by atoms with Crippen LogP contribution >= 0.6 is 7.82 Å². The molecular weight excluding hydrogens is 780 g/mol. The summed E-state index contributed by atoms with van der Waals surface area (Å²) in [7, 11) is 1.57. The van der Waals surface area contributed by atoms with Crippen molar-refractivity contribution in [1.29, 1.82) is 0 Å². The number of allylic oxidation sites excluding steroid dienone is 3. The summed E-state index contributed by atoms with van der Waals surface area (Å²) in [4.78, 5) is 23.1. The number of phosphoric acid groups is 1. The number of amides is 1. The van der Waals surface area contributed by atoms with Crippen molar-refractivity contribution < 1.29 is 32.9 Å². The van der Waals surface area contributed by atoms with Crippen LogP contribution in [0, 0.1) is 0 Å². The Morgan fingerprint density at radius 2 is 0.918 bits per heavy atom. The Kier molecular flexibility index (Phi) is 43.5. The average molecular weight is 884 g/mol. The smallest absolute Gasteiger partial charge is 0.387 e. The molecule has 0 aliphatic carbocycles. The molecule has 3 N–H and O–H groups in total. The van der Waals surface area contributed by atoms with Crippen molar-refractivity contribution in [1.82, 2.24) is 5.32 Å². The molecule has 0 aromatic rings. The van der Waals surface area contributed by atoms with E-state index in [2.05, 4.69) is 31.3 Å². The van der Waals surface area contributed by atoms with Gasteiger partial charge in [-0.3, -0.25) is 13.8 Å². The fraction of sp³-hybridized carbons (Fsp3) is 0.904. The van der Waals surface area contributed by atoms with E-state index < -0.39 is 20.0 Å². The van der Waals surface area contributed by atoms with Crippen LogP contribution in [0.3, 0.4) is 0 Å². The summed E-state index contributed by atoms with van der Waals surface area (Å²) < 4.78 is 23.6. The first-order chi connectivity index (χ1) is 29.5. The van der Waals surface area contributed by atoms with Gasteiger partial charge in [-0.25, -0.2) is 4.57 Å². The number of rotatable bonds is 48. The normalized spacial score (nSPS) is 14.3. The molecule has 3 atom stereocenters. The number of nitrogens with one attached hydrogen (secondary N) is 1. The van der Waals surface area contributed by atoms with Crippen LogP contribution in [0.4, 0.5) is 0 Å². The second-order valence-electron chi connectivity index (χ2n) is 19.3. The number of unbranched alkanes of at least 4 members (excludes halogenated alkanes) is 33. The summed E-state index contributed by atoms with van der Waals surface area (Å²) >= 11 is 0. The molecule has 0 radical (unpaired) electrons. The molecule has 1 amide bonds. The lowest BCUT2D eigenvalue weighted by Gasteiger charge is -2.25. The van der Waals surface area contributed by atoms with Crippen LogP contribution in [0.5, 0.6) is 0 Å². The van der Waals surface area contributed by atoms with Crippen molar-refractivity contribution in [3.63, 3.8) is 0 Å². The highest BCUT2D eigenvalue weighted by Crippen LogP contribution is 2.43. The fourth-order valence-electron chi connectivity index (χ4n) is 7.75. The lowest BCUT2D eigenvalue weighted by atomic mass is 10.0. The fourth-order valence-corrected chi connectivity index (χ4v) is 8.49. The van der Waals surface area contributed by atoms with Crippen molar-refractivity contribution in [3.8, 4) is 0 Å². The van der Waals surface area contributed by atoms with E-state index >= 15 is 0 Å². The second-order valence-corrected chi connectivity index (χ2v) is 20.7. The molecule has 61 heavy (non-hydrogen) atoms. The van der Waals surface area contributed by atoms with Crippen LogP contribution in [-0.2, 0) is 18.4 Å². The molecule has 0 heterocycles. The van der Waals surface area contributed by atoms with Gasteiger partial charge in [0.1, 0.15) is 13.2 Å². The van der Waals surface area contributed by atoms with E-state index in [1.807, 2.05) is 27.2 Å². The number of aliphatic hydroxyl groups excluding tert-OH is 1. The summed E-state index contributed by atoms with van der Waals surface area (Å²) in [6, 6.07) is -0.847. The van der Waals surface area contributed by atoms with Crippen molar-refractivity contribution >= 4 is 13.7 Å². The van der Waals surface area contributed by atoms with E-state index in [-0.39, 0.29) is 19.1 Å². The summed E-state index contributed by atoms with van der Waals surface area (Å²) in [6.45, 7) is 4.76. The number of hydrogen-bond acceptors (Lipinski definition) is 5. The zero-order valence-electron chi connectivity index (χ0n) is 41.2. The van der Waals surface area contributed by atoms with Gasteiger partial charge < -0.3 is 19.8 Å². The Morgan fingerprint density at radius 3 is 1.33 bits per heavy atom. The Labute approximate surface area is 379 Å². The highest BCUT2D eigenvalue weighted by atomic mass is 31.2. The molecule has 0 saturated carbocycles. The molecule has 3 unspecified atom stereocenters. The van der Waals surface area contributed by atoms with Gasteiger partial charge >= 0.3 is 7.82 Å². The van der Waals surface area contributed by atoms with Crippen LogP contribution in [0.2, 0.25) is 0 Å². The Morgan fingerprint density at radius 1 is 0.541 bits per heavy atom. The van der Waals surface area contributed by atoms with E-state index in [1.54, 1.807) is 6.08 Å². The second kappa shape index (κ2) is 44.2. The van der Waals surface area contributed by atoms with E-state index in [1.165, 1.54) is 173 Å². The molecule has 8 nitrogen and oxygen atoms in total.